The summed E-state index contributed by atoms with van der Waals surface area (Å²) >= 11 is 0. The van der Waals surface area contributed by atoms with Crippen molar-refractivity contribution in [3.05, 3.63) is 35.7 Å². The molecule has 130 valence electrons. The Morgan fingerprint density at radius 1 is 1.33 bits per heavy atom. The van der Waals surface area contributed by atoms with Crippen LogP contribution in [0.2, 0.25) is 0 Å². The van der Waals surface area contributed by atoms with Gasteiger partial charge >= 0.3 is 0 Å². The third-order valence-corrected chi connectivity index (χ3v) is 4.34. The number of carbonyl (C=O) groups excluding carboxylic acids is 1. The number of rotatable bonds is 5. The largest absolute Gasteiger partial charge is 0.344 e. The number of halogens is 1. The smallest absolute Gasteiger partial charge is 0.249 e. The van der Waals surface area contributed by atoms with E-state index in [1.54, 1.807) is 0 Å². The van der Waals surface area contributed by atoms with E-state index in [-0.39, 0.29) is 30.3 Å². The summed E-state index contributed by atoms with van der Waals surface area (Å²) in [5, 5.41) is 6.97. The van der Waals surface area contributed by atoms with Crippen LogP contribution in [0.25, 0.3) is 11.4 Å². The first kappa shape index (κ1) is 18.4. The monoisotopic (exact) mass is 350 g/mol. The zero-order valence-corrected chi connectivity index (χ0v) is 14.5. The van der Waals surface area contributed by atoms with Crippen LogP contribution in [0.3, 0.4) is 0 Å². The van der Waals surface area contributed by atoms with Gasteiger partial charge in [0.25, 0.3) is 0 Å². The lowest BCUT2D eigenvalue weighted by atomic mass is 10.1. The normalized spacial score (nSPS) is 15.8. The highest BCUT2D eigenvalue weighted by molar-refractivity contribution is 5.85. The van der Waals surface area contributed by atoms with Gasteiger partial charge in [0.1, 0.15) is 6.04 Å². The van der Waals surface area contributed by atoms with E-state index < -0.39 is 0 Å². The maximum atomic E-state index is 12.2. The summed E-state index contributed by atoms with van der Waals surface area (Å²) in [6.07, 6.45) is 4.22. The van der Waals surface area contributed by atoms with Crippen molar-refractivity contribution in [2.24, 2.45) is 11.7 Å². The SMILES string of the molecule is CC(NC(=O)C1CCCC1)c1nc(-c2ccc(CN)cc2)no1.Cl. The van der Waals surface area contributed by atoms with Crippen LogP contribution in [0.5, 0.6) is 0 Å². The predicted molar refractivity (Wildman–Crippen MR) is 93.4 cm³/mol. The van der Waals surface area contributed by atoms with Crippen molar-refractivity contribution in [2.45, 2.75) is 45.2 Å². The van der Waals surface area contributed by atoms with Gasteiger partial charge in [-0.3, -0.25) is 4.79 Å². The fourth-order valence-corrected chi connectivity index (χ4v) is 2.90. The van der Waals surface area contributed by atoms with Crippen LogP contribution in [-0.4, -0.2) is 16.0 Å². The van der Waals surface area contributed by atoms with Crippen molar-refractivity contribution in [1.29, 1.82) is 0 Å². The third kappa shape index (κ3) is 4.13. The summed E-state index contributed by atoms with van der Waals surface area (Å²) in [4.78, 5) is 16.6. The molecular weight excluding hydrogens is 328 g/mol. The molecule has 0 saturated heterocycles. The minimum Gasteiger partial charge on any atom is -0.344 e. The van der Waals surface area contributed by atoms with E-state index in [2.05, 4.69) is 15.5 Å². The Balaban J connectivity index is 0.00000208. The van der Waals surface area contributed by atoms with Crippen LogP contribution in [-0.2, 0) is 11.3 Å². The average Bonchev–Trinajstić information content (AvgIpc) is 3.26. The molecule has 1 atom stereocenters. The number of hydrogen-bond acceptors (Lipinski definition) is 5. The number of nitrogens with one attached hydrogen (secondary N) is 1. The van der Waals surface area contributed by atoms with Gasteiger partial charge in [-0.15, -0.1) is 12.4 Å². The zero-order valence-electron chi connectivity index (χ0n) is 13.7. The molecule has 3 rings (SSSR count). The molecule has 1 fully saturated rings. The van der Waals surface area contributed by atoms with E-state index >= 15 is 0 Å². The number of aromatic nitrogens is 2. The second kappa shape index (κ2) is 8.26. The molecule has 0 radical (unpaired) electrons. The minimum atomic E-state index is -0.285. The highest BCUT2D eigenvalue weighted by atomic mass is 35.5. The van der Waals surface area contributed by atoms with Crippen LogP contribution in [0.4, 0.5) is 0 Å². The fourth-order valence-electron chi connectivity index (χ4n) is 2.90. The summed E-state index contributed by atoms with van der Waals surface area (Å²) in [5.74, 6) is 1.16. The Hall–Kier alpha value is -1.92. The lowest BCUT2D eigenvalue weighted by Gasteiger charge is -2.13. The van der Waals surface area contributed by atoms with Crippen LogP contribution >= 0.6 is 12.4 Å². The van der Waals surface area contributed by atoms with Crippen molar-refractivity contribution in [3.8, 4) is 11.4 Å². The second-order valence-electron chi connectivity index (χ2n) is 6.07. The van der Waals surface area contributed by atoms with Gasteiger partial charge in [-0.2, -0.15) is 4.98 Å². The Kier molecular flexibility index (Phi) is 6.34. The molecule has 0 spiro atoms. The molecule has 1 aliphatic carbocycles. The Labute approximate surface area is 147 Å². The van der Waals surface area contributed by atoms with Gasteiger partial charge in [0.2, 0.25) is 17.6 Å². The first-order valence-electron chi connectivity index (χ1n) is 8.10. The van der Waals surface area contributed by atoms with Gasteiger partial charge in [0.15, 0.2) is 0 Å². The molecule has 3 N–H and O–H groups in total. The summed E-state index contributed by atoms with van der Waals surface area (Å²) < 4.78 is 5.30. The molecule has 1 amide bonds. The quantitative estimate of drug-likeness (QED) is 0.864. The van der Waals surface area contributed by atoms with E-state index in [4.69, 9.17) is 10.3 Å². The van der Waals surface area contributed by atoms with Crippen molar-refractivity contribution in [1.82, 2.24) is 15.5 Å². The Morgan fingerprint density at radius 2 is 2.00 bits per heavy atom. The third-order valence-electron chi connectivity index (χ3n) is 4.34. The van der Waals surface area contributed by atoms with Crippen molar-refractivity contribution < 1.29 is 9.32 Å². The van der Waals surface area contributed by atoms with Gasteiger partial charge < -0.3 is 15.6 Å². The molecule has 0 aliphatic heterocycles. The highest BCUT2D eigenvalue weighted by Crippen LogP contribution is 2.26. The molecule has 2 aromatic rings. The second-order valence-corrected chi connectivity index (χ2v) is 6.07. The predicted octanol–water partition coefficient (Wildman–Crippen LogP) is 2.98. The summed E-state index contributed by atoms with van der Waals surface area (Å²) in [6, 6.07) is 7.43. The zero-order chi connectivity index (χ0) is 16.2. The molecule has 1 saturated carbocycles. The van der Waals surface area contributed by atoms with E-state index in [9.17, 15) is 4.79 Å². The van der Waals surface area contributed by atoms with E-state index in [1.807, 2.05) is 31.2 Å². The van der Waals surface area contributed by atoms with Gasteiger partial charge in [-0.05, 0) is 25.3 Å². The molecule has 6 nitrogen and oxygen atoms in total. The van der Waals surface area contributed by atoms with Crippen molar-refractivity contribution in [3.63, 3.8) is 0 Å². The molecule has 0 bridgehead atoms. The topological polar surface area (TPSA) is 94.0 Å². The van der Waals surface area contributed by atoms with Gasteiger partial charge in [-0.25, -0.2) is 0 Å². The van der Waals surface area contributed by atoms with Crippen LogP contribution < -0.4 is 11.1 Å². The molecule has 1 aliphatic rings. The average molecular weight is 351 g/mol. The maximum absolute atomic E-state index is 12.2. The summed E-state index contributed by atoms with van der Waals surface area (Å²) in [7, 11) is 0. The molecule has 1 heterocycles. The number of benzene rings is 1. The lowest BCUT2D eigenvalue weighted by Crippen LogP contribution is -2.31. The number of carbonyl (C=O) groups is 1. The van der Waals surface area contributed by atoms with Gasteiger partial charge in [0, 0.05) is 18.0 Å². The van der Waals surface area contributed by atoms with E-state index in [1.165, 1.54) is 0 Å². The van der Waals surface area contributed by atoms with Crippen LogP contribution in [0.15, 0.2) is 28.8 Å². The number of nitrogens with zero attached hydrogens (tertiary/aromatic N) is 2. The molecule has 1 unspecified atom stereocenters. The molecule has 1 aromatic heterocycles. The summed E-state index contributed by atoms with van der Waals surface area (Å²) in [6.45, 7) is 2.36. The Bertz CT molecular complexity index is 665. The molecule has 7 heteroatoms. The van der Waals surface area contributed by atoms with Crippen molar-refractivity contribution in [2.75, 3.05) is 0 Å². The van der Waals surface area contributed by atoms with Gasteiger partial charge in [-0.1, -0.05) is 42.3 Å². The fraction of sp³-hybridized carbons (Fsp3) is 0.471. The molecule has 1 aromatic carbocycles. The van der Waals surface area contributed by atoms with Crippen molar-refractivity contribution >= 4 is 18.3 Å². The van der Waals surface area contributed by atoms with Gasteiger partial charge in [0.05, 0.1) is 0 Å². The summed E-state index contributed by atoms with van der Waals surface area (Å²) in [5.41, 5.74) is 7.51. The highest BCUT2D eigenvalue weighted by Gasteiger charge is 2.25. The number of amides is 1. The number of hydrogen-bond donors (Lipinski definition) is 2. The Morgan fingerprint density at radius 3 is 2.62 bits per heavy atom. The lowest BCUT2D eigenvalue weighted by molar-refractivity contribution is -0.125. The number of nitrogens with two attached hydrogens (primary N) is 1. The molecule has 24 heavy (non-hydrogen) atoms. The van der Waals surface area contributed by atoms with E-state index in [0.29, 0.717) is 18.3 Å². The first-order valence-corrected chi connectivity index (χ1v) is 8.10. The standard InChI is InChI=1S/C17H22N4O2.ClH/c1-11(19-16(22)14-4-2-3-5-14)17-20-15(21-23-17)13-8-6-12(10-18)7-9-13;/h6-9,11,14H,2-5,10,18H2,1H3,(H,19,22);1H. The minimum absolute atomic E-state index is 0. The van der Waals surface area contributed by atoms with E-state index in [0.717, 1.165) is 36.8 Å². The first-order chi connectivity index (χ1) is 11.2. The maximum Gasteiger partial charge on any atom is 0.249 e. The van der Waals surface area contributed by atoms with Crippen LogP contribution in [0.1, 0.15) is 50.1 Å². The molecular formula is C17H23ClN4O2. The van der Waals surface area contributed by atoms with Crippen LogP contribution in [0, 0.1) is 5.92 Å².